The SMILES string of the molecule is Cc1ccc(F)c2c1CCCN2Cc1cc(=O)n2cccc(C)c2n1. The van der Waals surface area contributed by atoms with Gasteiger partial charge >= 0.3 is 0 Å². The molecule has 0 fully saturated rings. The van der Waals surface area contributed by atoms with Gasteiger partial charge in [-0.3, -0.25) is 9.20 Å². The Bertz CT molecular complexity index is 1030. The molecular formula is C20H20FN3O. The molecule has 1 aromatic carbocycles. The van der Waals surface area contributed by atoms with Gasteiger partial charge in [0.25, 0.3) is 5.56 Å². The zero-order valence-corrected chi connectivity index (χ0v) is 14.4. The maximum atomic E-state index is 14.5. The van der Waals surface area contributed by atoms with E-state index in [-0.39, 0.29) is 11.4 Å². The second-order valence-electron chi connectivity index (χ2n) is 6.69. The van der Waals surface area contributed by atoms with E-state index in [0.717, 1.165) is 36.1 Å². The van der Waals surface area contributed by atoms with E-state index in [9.17, 15) is 9.18 Å². The highest BCUT2D eigenvalue weighted by Crippen LogP contribution is 2.33. The lowest BCUT2D eigenvalue weighted by Gasteiger charge is -2.32. The Hall–Kier alpha value is -2.69. The standard InChI is InChI=1S/C20H20FN3O/c1-13-7-8-17(21)19-16(13)6-4-9-23(19)12-15-11-18(25)24-10-3-5-14(2)20(24)22-15/h3,5,7-8,10-11H,4,6,9,12H2,1-2H3. The molecule has 4 rings (SSSR count). The molecule has 0 bridgehead atoms. The zero-order valence-electron chi connectivity index (χ0n) is 14.4. The number of anilines is 1. The first-order chi connectivity index (χ1) is 12.0. The van der Waals surface area contributed by atoms with Crippen LogP contribution in [0.15, 0.2) is 41.3 Å². The van der Waals surface area contributed by atoms with Gasteiger partial charge in [-0.05, 0) is 55.5 Å². The van der Waals surface area contributed by atoms with Crippen molar-refractivity contribution in [2.45, 2.75) is 33.2 Å². The predicted octanol–water partition coefficient (Wildman–Crippen LogP) is 3.40. The molecule has 0 radical (unpaired) electrons. The molecule has 5 heteroatoms. The lowest BCUT2D eigenvalue weighted by molar-refractivity contribution is 0.592. The highest BCUT2D eigenvalue weighted by Gasteiger charge is 2.23. The van der Waals surface area contributed by atoms with Crippen LogP contribution < -0.4 is 10.5 Å². The van der Waals surface area contributed by atoms with E-state index in [1.54, 1.807) is 16.7 Å². The normalized spacial score (nSPS) is 14.0. The molecule has 0 N–H and O–H groups in total. The third-order valence-electron chi connectivity index (χ3n) is 4.93. The summed E-state index contributed by atoms with van der Waals surface area (Å²) in [6.07, 6.45) is 3.59. The van der Waals surface area contributed by atoms with Gasteiger partial charge in [0.05, 0.1) is 17.9 Å². The summed E-state index contributed by atoms with van der Waals surface area (Å²) in [6, 6.07) is 8.68. The van der Waals surface area contributed by atoms with Crippen molar-refractivity contribution < 1.29 is 4.39 Å². The van der Waals surface area contributed by atoms with Gasteiger partial charge < -0.3 is 4.90 Å². The Morgan fingerprint density at radius 2 is 2.04 bits per heavy atom. The Balaban J connectivity index is 1.78. The Morgan fingerprint density at radius 3 is 2.88 bits per heavy atom. The van der Waals surface area contributed by atoms with Gasteiger partial charge in [0, 0.05) is 18.8 Å². The van der Waals surface area contributed by atoms with Gasteiger partial charge in [-0.25, -0.2) is 9.37 Å². The summed E-state index contributed by atoms with van der Waals surface area (Å²) in [6.45, 7) is 5.16. The van der Waals surface area contributed by atoms with Crippen LogP contribution in [0.5, 0.6) is 0 Å². The molecule has 0 spiro atoms. The van der Waals surface area contributed by atoms with E-state index in [0.29, 0.717) is 23.6 Å². The number of rotatable bonds is 2. The van der Waals surface area contributed by atoms with E-state index in [2.05, 4.69) is 4.98 Å². The summed E-state index contributed by atoms with van der Waals surface area (Å²) in [5.41, 5.74) is 5.02. The second-order valence-corrected chi connectivity index (χ2v) is 6.69. The maximum absolute atomic E-state index is 14.5. The van der Waals surface area contributed by atoms with E-state index in [1.165, 1.54) is 6.07 Å². The number of nitrogens with zero attached hydrogens (tertiary/aromatic N) is 3. The number of halogens is 1. The van der Waals surface area contributed by atoms with Crippen LogP contribution in [0.25, 0.3) is 5.65 Å². The summed E-state index contributed by atoms with van der Waals surface area (Å²) in [4.78, 5) is 19.1. The Kier molecular flexibility index (Phi) is 3.79. The first-order valence-electron chi connectivity index (χ1n) is 8.55. The first kappa shape index (κ1) is 15.8. The van der Waals surface area contributed by atoms with E-state index < -0.39 is 0 Å². The number of pyridine rings is 1. The molecule has 3 heterocycles. The van der Waals surface area contributed by atoms with Crippen molar-refractivity contribution in [1.82, 2.24) is 9.38 Å². The van der Waals surface area contributed by atoms with E-state index in [1.807, 2.05) is 36.9 Å². The molecule has 4 nitrogen and oxygen atoms in total. The monoisotopic (exact) mass is 337 g/mol. The van der Waals surface area contributed by atoms with Crippen LogP contribution in [-0.2, 0) is 13.0 Å². The number of benzene rings is 1. The topological polar surface area (TPSA) is 37.6 Å². The summed E-state index contributed by atoms with van der Waals surface area (Å²) >= 11 is 0. The zero-order chi connectivity index (χ0) is 17.6. The predicted molar refractivity (Wildman–Crippen MR) is 96.7 cm³/mol. The van der Waals surface area contributed by atoms with Gasteiger partial charge in [0.2, 0.25) is 0 Å². The van der Waals surface area contributed by atoms with Crippen molar-refractivity contribution in [3.8, 4) is 0 Å². The molecule has 0 saturated carbocycles. The molecule has 1 aliphatic heterocycles. The fourth-order valence-electron chi connectivity index (χ4n) is 3.67. The average molecular weight is 337 g/mol. The van der Waals surface area contributed by atoms with Crippen LogP contribution in [0.2, 0.25) is 0 Å². The van der Waals surface area contributed by atoms with E-state index in [4.69, 9.17) is 0 Å². The Morgan fingerprint density at radius 1 is 1.20 bits per heavy atom. The molecule has 2 aromatic heterocycles. The van der Waals surface area contributed by atoms with Crippen LogP contribution in [0.4, 0.5) is 10.1 Å². The quantitative estimate of drug-likeness (QED) is 0.719. The van der Waals surface area contributed by atoms with Gasteiger partial charge in [0.1, 0.15) is 11.5 Å². The molecule has 1 aliphatic rings. The highest BCUT2D eigenvalue weighted by molar-refractivity contribution is 5.59. The van der Waals surface area contributed by atoms with Gasteiger partial charge in [-0.2, -0.15) is 0 Å². The summed E-state index contributed by atoms with van der Waals surface area (Å²) in [7, 11) is 0. The van der Waals surface area contributed by atoms with Gasteiger partial charge in [-0.1, -0.05) is 12.1 Å². The minimum absolute atomic E-state index is 0.106. The molecule has 0 saturated heterocycles. The van der Waals surface area contributed by atoms with Crippen molar-refractivity contribution in [3.63, 3.8) is 0 Å². The van der Waals surface area contributed by atoms with Crippen LogP contribution in [0.3, 0.4) is 0 Å². The lowest BCUT2D eigenvalue weighted by atomic mass is 9.96. The molecule has 0 unspecified atom stereocenters. The average Bonchev–Trinajstić information content (AvgIpc) is 2.59. The number of fused-ring (bicyclic) bond motifs is 2. The van der Waals surface area contributed by atoms with Gasteiger partial charge in [-0.15, -0.1) is 0 Å². The molecule has 3 aromatic rings. The molecule has 128 valence electrons. The van der Waals surface area contributed by atoms with Gasteiger partial charge in [0.15, 0.2) is 0 Å². The molecule has 25 heavy (non-hydrogen) atoms. The molecular weight excluding hydrogens is 317 g/mol. The number of hydrogen-bond acceptors (Lipinski definition) is 3. The first-order valence-corrected chi connectivity index (χ1v) is 8.55. The fourth-order valence-corrected chi connectivity index (χ4v) is 3.67. The largest absolute Gasteiger partial charge is 0.363 e. The minimum atomic E-state index is -0.200. The van der Waals surface area contributed by atoms with Crippen molar-refractivity contribution >= 4 is 11.3 Å². The number of hydrogen-bond donors (Lipinski definition) is 0. The van der Waals surface area contributed by atoms with E-state index >= 15 is 0 Å². The second kappa shape index (κ2) is 5.99. The van der Waals surface area contributed by atoms with Crippen molar-refractivity contribution in [3.05, 3.63) is 75.1 Å². The Labute approximate surface area is 145 Å². The fraction of sp³-hybridized carbons (Fsp3) is 0.300. The smallest absolute Gasteiger partial charge is 0.258 e. The highest BCUT2D eigenvalue weighted by atomic mass is 19.1. The third kappa shape index (κ3) is 2.69. The van der Waals surface area contributed by atoms with Crippen molar-refractivity contribution in [2.24, 2.45) is 0 Å². The maximum Gasteiger partial charge on any atom is 0.258 e. The van der Waals surface area contributed by atoms with Crippen molar-refractivity contribution in [1.29, 1.82) is 0 Å². The molecule has 0 amide bonds. The number of aryl methyl sites for hydroxylation is 2. The van der Waals surface area contributed by atoms with Crippen LogP contribution >= 0.6 is 0 Å². The van der Waals surface area contributed by atoms with Crippen LogP contribution in [-0.4, -0.2) is 15.9 Å². The lowest BCUT2D eigenvalue weighted by Crippen LogP contribution is -2.31. The van der Waals surface area contributed by atoms with Crippen LogP contribution in [0.1, 0.15) is 28.8 Å². The minimum Gasteiger partial charge on any atom is -0.363 e. The third-order valence-corrected chi connectivity index (χ3v) is 4.93. The summed E-state index contributed by atoms with van der Waals surface area (Å²) in [5.74, 6) is -0.200. The van der Waals surface area contributed by atoms with Crippen LogP contribution in [0, 0.1) is 19.7 Å². The summed E-state index contributed by atoms with van der Waals surface area (Å²) in [5, 5.41) is 0. The molecule has 0 atom stereocenters. The number of aromatic nitrogens is 2. The molecule has 0 aliphatic carbocycles. The summed E-state index contributed by atoms with van der Waals surface area (Å²) < 4.78 is 16.0. The van der Waals surface area contributed by atoms with Crippen molar-refractivity contribution in [2.75, 3.05) is 11.4 Å².